The molecule has 3 aliphatic rings. The Balaban J connectivity index is 1.43. The summed E-state index contributed by atoms with van der Waals surface area (Å²) >= 11 is 0. The number of hydrogen-bond acceptors (Lipinski definition) is 5. The molecule has 0 spiro atoms. The van der Waals surface area contributed by atoms with Crippen molar-refractivity contribution in [2.24, 2.45) is 17.0 Å². The van der Waals surface area contributed by atoms with Crippen molar-refractivity contribution in [3.63, 3.8) is 0 Å². The molecule has 4 rings (SSSR count). The topological polar surface area (TPSA) is 57.6 Å². The lowest BCUT2D eigenvalue weighted by Gasteiger charge is -2.35. The van der Waals surface area contributed by atoms with Crippen molar-refractivity contribution in [3.05, 3.63) is 35.4 Å². The van der Waals surface area contributed by atoms with Gasteiger partial charge in [0, 0.05) is 19.0 Å². The van der Waals surface area contributed by atoms with Gasteiger partial charge in [-0.2, -0.15) is 0 Å². The molecular formula is C22H32N2O3. The molecular weight excluding hydrogens is 340 g/mol. The summed E-state index contributed by atoms with van der Waals surface area (Å²) in [6.45, 7) is 5.62. The largest absolute Gasteiger partial charge is 0.399 e. The molecule has 6 atom stereocenters. The monoisotopic (exact) mass is 372 g/mol. The first-order valence-corrected chi connectivity index (χ1v) is 10.3. The highest BCUT2D eigenvalue weighted by molar-refractivity contribution is 5.88. The van der Waals surface area contributed by atoms with Crippen LogP contribution in [-0.4, -0.2) is 48.2 Å². The van der Waals surface area contributed by atoms with Gasteiger partial charge < -0.3 is 14.7 Å². The van der Waals surface area contributed by atoms with Gasteiger partial charge in [0.15, 0.2) is 0 Å². The van der Waals surface area contributed by atoms with Gasteiger partial charge >= 0.3 is 0 Å². The fraction of sp³-hybridized carbons (Fsp3) is 0.682. The van der Waals surface area contributed by atoms with Gasteiger partial charge in [0.05, 0.1) is 12.3 Å². The lowest BCUT2D eigenvalue weighted by molar-refractivity contribution is 0.113. The second-order valence-corrected chi connectivity index (χ2v) is 8.58. The third-order valence-electron chi connectivity index (χ3n) is 6.73. The Bertz CT molecular complexity index is 665. The van der Waals surface area contributed by atoms with E-state index in [4.69, 9.17) is 9.57 Å². The maximum absolute atomic E-state index is 9.69. The van der Waals surface area contributed by atoms with Gasteiger partial charge in [0.2, 0.25) is 0 Å². The highest BCUT2D eigenvalue weighted by atomic mass is 16.6. The van der Waals surface area contributed by atoms with Crippen LogP contribution in [0.1, 0.15) is 62.7 Å². The number of rotatable bonds is 5. The number of likely N-dealkylation sites (tertiary alicyclic amines) is 1. The summed E-state index contributed by atoms with van der Waals surface area (Å²) in [4.78, 5) is 7.12. The molecule has 1 aliphatic carbocycles. The summed E-state index contributed by atoms with van der Waals surface area (Å²) in [6, 6.07) is 9.16. The van der Waals surface area contributed by atoms with E-state index in [1.54, 1.807) is 7.11 Å². The number of nitrogens with zero attached hydrogens (tertiary/aromatic N) is 2. The summed E-state index contributed by atoms with van der Waals surface area (Å²) in [7, 11) is 1.57. The van der Waals surface area contributed by atoms with Crippen LogP contribution in [0.5, 0.6) is 0 Å². The highest BCUT2D eigenvalue weighted by Crippen LogP contribution is 2.45. The maximum Gasteiger partial charge on any atom is 0.143 e. The summed E-state index contributed by atoms with van der Waals surface area (Å²) < 4.78 is 5.99. The maximum atomic E-state index is 9.69. The zero-order chi connectivity index (χ0) is 19.0. The third-order valence-corrected chi connectivity index (χ3v) is 6.73. The average Bonchev–Trinajstić information content (AvgIpc) is 3.35. The van der Waals surface area contributed by atoms with E-state index in [-0.39, 0.29) is 25.0 Å². The minimum Gasteiger partial charge on any atom is -0.399 e. The van der Waals surface area contributed by atoms with Gasteiger partial charge in [-0.05, 0) is 28.9 Å². The van der Waals surface area contributed by atoms with Crippen molar-refractivity contribution >= 4 is 5.71 Å². The van der Waals surface area contributed by atoms with Crippen LogP contribution in [0, 0.1) is 11.8 Å². The fourth-order valence-corrected chi connectivity index (χ4v) is 5.30. The number of oxime groups is 1. The minimum atomic E-state index is 0.0325. The van der Waals surface area contributed by atoms with Crippen LogP contribution in [0.15, 0.2) is 29.4 Å². The first-order chi connectivity index (χ1) is 13.1. The van der Waals surface area contributed by atoms with Crippen molar-refractivity contribution in [3.8, 4) is 0 Å². The van der Waals surface area contributed by atoms with E-state index in [0.717, 1.165) is 24.0 Å². The summed E-state index contributed by atoms with van der Waals surface area (Å²) in [5.74, 6) is 2.20. The molecule has 1 aromatic carbocycles. The van der Waals surface area contributed by atoms with Gasteiger partial charge in [0.1, 0.15) is 19.4 Å². The number of hydrogen-bond donors (Lipinski definition) is 1. The molecule has 1 aromatic rings. The van der Waals surface area contributed by atoms with Gasteiger partial charge in [-0.15, -0.1) is 0 Å². The quantitative estimate of drug-likeness (QED) is 0.633. The first kappa shape index (κ1) is 18.9. The second kappa shape index (κ2) is 7.90. The Morgan fingerprint density at radius 3 is 2.44 bits per heavy atom. The minimum absolute atomic E-state index is 0.0325. The SMILES string of the molecule is CO/N=C1/CC(CO)N(C2OC2c2ccc(C3C(C)CCC[C@H]3C)cc2)C1. The van der Waals surface area contributed by atoms with Gasteiger partial charge in [-0.3, -0.25) is 4.90 Å². The van der Waals surface area contributed by atoms with Crippen LogP contribution in [0.3, 0.4) is 0 Å². The number of benzene rings is 1. The molecule has 1 N–H and O–H groups in total. The molecule has 148 valence electrons. The van der Waals surface area contributed by atoms with E-state index >= 15 is 0 Å². The van der Waals surface area contributed by atoms with Crippen molar-refractivity contribution in [2.75, 3.05) is 20.3 Å². The van der Waals surface area contributed by atoms with Crippen molar-refractivity contribution in [1.29, 1.82) is 0 Å². The predicted molar refractivity (Wildman–Crippen MR) is 106 cm³/mol. The van der Waals surface area contributed by atoms with Crippen molar-refractivity contribution in [1.82, 2.24) is 4.90 Å². The zero-order valence-corrected chi connectivity index (χ0v) is 16.7. The van der Waals surface area contributed by atoms with E-state index in [0.29, 0.717) is 12.5 Å². The molecule has 5 heteroatoms. The van der Waals surface area contributed by atoms with Gasteiger partial charge in [-0.1, -0.05) is 62.5 Å². The van der Waals surface area contributed by atoms with Crippen LogP contribution < -0.4 is 0 Å². The Morgan fingerprint density at radius 1 is 1.15 bits per heavy atom. The molecule has 27 heavy (non-hydrogen) atoms. The Labute approximate surface area is 162 Å². The Kier molecular flexibility index (Phi) is 5.53. The molecule has 0 amide bonds. The molecule has 5 nitrogen and oxygen atoms in total. The van der Waals surface area contributed by atoms with Crippen molar-refractivity contribution in [2.45, 2.75) is 63.8 Å². The summed E-state index contributed by atoms with van der Waals surface area (Å²) in [6.07, 6.45) is 4.92. The molecule has 2 heterocycles. The molecule has 3 fully saturated rings. The molecule has 0 aromatic heterocycles. The summed E-state index contributed by atoms with van der Waals surface area (Å²) in [5, 5.41) is 13.8. The average molecular weight is 373 g/mol. The summed E-state index contributed by atoms with van der Waals surface area (Å²) in [5.41, 5.74) is 3.68. The standard InChI is InChI=1S/C22H32N2O3/c1-14-5-4-6-15(2)20(14)16-7-9-17(10-8-16)21-22(27-21)24-12-18(23-26-3)11-19(24)13-25/h7-10,14-15,19-22,25H,4-6,11-13H2,1-3H3/b23-18-/t14-,15?,19?,20?,21?,22?/m1/s1. The normalized spacial score (nSPS) is 38.3. The fourth-order valence-electron chi connectivity index (χ4n) is 5.30. The van der Waals surface area contributed by atoms with Gasteiger partial charge in [-0.25, -0.2) is 0 Å². The van der Waals surface area contributed by atoms with E-state index in [1.165, 1.54) is 30.4 Å². The smallest absolute Gasteiger partial charge is 0.143 e. The number of aliphatic hydroxyl groups is 1. The van der Waals surface area contributed by atoms with E-state index in [2.05, 4.69) is 48.2 Å². The van der Waals surface area contributed by atoms with E-state index in [9.17, 15) is 5.11 Å². The number of ether oxygens (including phenoxy) is 1. The van der Waals surface area contributed by atoms with Crippen LogP contribution in [-0.2, 0) is 9.57 Å². The molecule has 0 radical (unpaired) electrons. The van der Waals surface area contributed by atoms with Crippen LogP contribution in [0.25, 0.3) is 0 Å². The first-order valence-electron chi connectivity index (χ1n) is 10.3. The van der Waals surface area contributed by atoms with Crippen LogP contribution >= 0.6 is 0 Å². The number of aliphatic hydroxyl groups excluding tert-OH is 1. The lowest BCUT2D eigenvalue weighted by Crippen LogP contribution is -2.35. The van der Waals surface area contributed by atoms with E-state index in [1.807, 2.05) is 0 Å². The Hall–Kier alpha value is -1.43. The number of epoxide rings is 1. The van der Waals surface area contributed by atoms with E-state index < -0.39 is 0 Å². The molecule has 1 saturated carbocycles. The highest BCUT2D eigenvalue weighted by Gasteiger charge is 2.49. The van der Waals surface area contributed by atoms with Gasteiger partial charge in [0.25, 0.3) is 0 Å². The zero-order valence-electron chi connectivity index (χ0n) is 16.7. The molecule has 2 aliphatic heterocycles. The Morgan fingerprint density at radius 2 is 1.81 bits per heavy atom. The second-order valence-electron chi connectivity index (χ2n) is 8.58. The van der Waals surface area contributed by atoms with Crippen LogP contribution in [0.4, 0.5) is 0 Å². The lowest BCUT2D eigenvalue weighted by atomic mass is 9.70. The molecule has 2 saturated heterocycles. The third kappa shape index (κ3) is 3.78. The van der Waals surface area contributed by atoms with Crippen molar-refractivity contribution < 1.29 is 14.7 Å². The van der Waals surface area contributed by atoms with Crippen LogP contribution in [0.2, 0.25) is 0 Å². The predicted octanol–water partition coefficient (Wildman–Crippen LogP) is 3.69. The molecule has 5 unspecified atom stereocenters. The molecule has 0 bridgehead atoms.